The molecule has 2 heterocycles. The molecule has 5 rings (SSSR count). The summed E-state index contributed by atoms with van der Waals surface area (Å²) < 4.78 is 17.4. The smallest absolute Gasteiger partial charge is 0.258 e. The number of pyridine rings is 1. The first kappa shape index (κ1) is 20.7. The molecule has 1 aliphatic carbocycles. The van der Waals surface area contributed by atoms with Crippen LogP contribution >= 0.6 is 0 Å². The number of aromatic nitrogens is 3. The Labute approximate surface area is 188 Å². The van der Waals surface area contributed by atoms with Crippen molar-refractivity contribution in [1.82, 2.24) is 14.7 Å². The lowest BCUT2D eigenvalue weighted by Crippen LogP contribution is -2.28. The Balaban J connectivity index is 1.48. The lowest BCUT2D eigenvalue weighted by Gasteiger charge is -2.14. The molecule has 0 spiro atoms. The quantitative estimate of drug-likeness (QED) is 0.462. The average Bonchev–Trinajstić information content (AvgIpc) is 3.57. The molecule has 1 N–H and O–H groups in total. The first-order valence-electron chi connectivity index (χ1n) is 10.6. The maximum Gasteiger partial charge on any atom is 0.258 e. The van der Waals surface area contributed by atoms with Crippen molar-refractivity contribution in [2.24, 2.45) is 0 Å². The van der Waals surface area contributed by atoms with Crippen LogP contribution in [0.4, 0.5) is 5.69 Å². The summed E-state index contributed by atoms with van der Waals surface area (Å²) in [4.78, 5) is 30.4. The van der Waals surface area contributed by atoms with Gasteiger partial charge in [0.1, 0.15) is 18.0 Å². The van der Waals surface area contributed by atoms with Crippen molar-refractivity contribution in [3.05, 3.63) is 64.7 Å². The molecule has 0 radical (unpaired) electrons. The molecule has 1 saturated carbocycles. The molecule has 2 aromatic heterocycles. The minimum atomic E-state index is -0.379. The number of ether oxygens (including phenoxy) is 2. The van der Waals surface area contributed by atoms with E-state index in [1.54, 1.807) is 24.3 Å². The van der Waals surface area contributed by atoms with Crippen molar-refractivity contribution in [2.75, 3.05) is 19.5 Å². The Morgan fingerprint density at radius 3 is 2.73 bits per heavy atom. The molecule has 4 aromatic rings. The van der Waals surface area contributed by atoms with Crippen LogP contribution in [0.25, 0.3) is 22.4 Å². The Morgan fingerprint density at radius 1 is 1.15 bits per heavy atom. The maximum absolute atomic E-state index is 13.0. The van der Waals surface area contributed by atoms with E-state index in [1.165, 1.54) is 24.9 Å². The highest BCUT2D eigenvalue weighted by Gasteiger charge is 2.29. The van der Waals surface area contributed by atoms with Crippen LogP contribution in [-0.2, 0) is 11.3 Å². The van der Waals surface area contributed by atoms with Crippen molar-refractivity contribution in [3.8, 4) is 23.0 Å². The zero-order valence-corrected chi connectivity index (χ0v) is 18.2. The van der Waals surface area contributed by atoms with Crippen LogP contribution in [0.3, 0.4) is 0 Å². The normalized spacial score (nSPS) is 13.2. The van der Waals surface area contributed by atoms with Gasteiger partial charge in [-0.05, 0) is 31.0 Å². The number of methoxy groups -OCH3 is 2. The first-order valence-corrected chi connectivity index (χ1v) is 10.6. The average molecular weight is 446 g/mol. The van der Waals surface area contributed by atoms with Gasteiger partial charge in [0.05, 0.1) is 31.0 Å². The van der Waals surface area contributed by atoms with Gasteiger partial charge in [0.15, 0.2) is 5.82 Å². The second kappa shape index (κ2) is 8.42. The maximum atomic E-state index is 13.0. The van der Waals surface area contributed by atoms with Crippen LogP contribution in [0.5, 0.6) is 11.5 Å². The number of para-hydroxylation sites is 1. The lowest BCUT2D eigenvalue weighted by atomic mass is 10.1. The van der Waals surface area contributed by atoms with Crippen LogP contribution in [-0.4, -0.2) is 34.8 Å². The lowest BCUT2D eigenvalue weighted by molar-refractivity contribution is -0.116. The van der Waals surface area contributed by atoms with Crippen molar-refractivity contribution in [2.45, 2.75) is 25.3 Å². The van der Waals surface area contributed by atoms with Crippen molar-refractivity contribution in [1.29, 1.82) is 0 Å². The number of rotatable bonds is 7. The topological polar surface area (TPSA) is 108 Å². The number of hydrogen-bond donors (Lipinski definition) is 1. The third kappa shape index (κ3) is 4.05. The van der Waals surface area contributed by atoms with Crippen LogP contribution in [0.15, 0.2) is 57.8 Å². The van der Waals surface area contributed by atoms with Crippen LogP contribution in [0, 0.1) is 0 Å². The summed E-state index contributed by atoms with van der Waals surface area (Å²) in [5.74, 6) is 2.00. The van der Waals surface area contributed by atoms with Gasteiger partial charge in [-0.25, -0.2) is 0 Å². The van der Waals surface area contributed by atoms with Crippen LogP contribution in [0.2, 0.25) is 0 Å². The SMILES string of the molecule is COc1ccc(OC)c(NC(=O)Cn2c(=O)cc(-c3nc(C4CC4)no3)c3ccccc32)c1. The molecule has 0 saturated heterocycles. The molecular formula is C24H22N4O5. The predicted molar refractivity (Wildman–Crippen MR) is 122 cm³/mol. The van der Waals surface area contributed by atoms with Gasteiger partial charge in [-0.2, -0.15) is 4.98 Å². The van der Waals surface area contributed by atoms with Crippen molar-refractivity contribution >= 4 is 22.5 Å². The molecule has 2 aromatic carbocycles. The fraction of sp³-hybridized carbons (Fsp3) is 0.250. The van der Waals surface area contributed by atoms with Crippen molar-refractivity contribution < 1.29 is 18.8 Å². The highest BCUT2D eigenvalue weighted by Crippen LogP contribution is 2.39. The standard InChI is InChI=1S/C24H22N4O5/c1-31-15-9-10-20(32-2)18(11-15)25-21(29)13-28-19-6-4-3-5-16(19)17(12-22(28)30)24-26-23(27-33-24)14-7-8-14/h3-6,9-12,14H,7-8,13H2,1-2H3,(H,25,29). The van der Waals surface area contributed by atoms with Gasteiger partial charge in [0.25, 0.3) is 11.4 Å². The second-order valence-corrected chi connectivity index (χ2v) is 7.85. The second-order valence-electron chi connectivity index (χ2n) is 7.85. The van der Waals surface area contributed by atoms with Gasteiger partial charge in [-0.1, -0.05) is 23.4 Å². The molecule has 0 aliphatic heterocycles. The molecule has 9 heteroatoms. The number of anilines is 1. The van der Waals surface area contributed by atoms with E-state index in [1.807, 2.05) is 18.2 Å². The summed E-state index contributed by atoms with van der Waals surface area (Å²) in [7, 11) is 3.05. The summed E-state index contributed by atoms with van der Waals surface area (Å²) in [5.41, 5.74) is 1.26. The molecule has 1 aliphatic rings. The third-order valence-corrected chi connectivity index (χ3v) is 5.62. The number of hydrogen-bond acceptors (Lipinski definition) is 7. The molecule has 0 unspecified atom stereocenters. The summed E-state index contributed by atoms with van der Waals surface area (Å²) in [5, 5.41) is 7.60. The molecular weight excluding hydrogens is 424 g/mol. The van der Waals surface area contributed by atoms with E-state index in [-0.39, 0.29) is 18.0 Å². The largest absolute Gasteiger partial charge is 0.497 e. The fourth-order valence-corrected chi connectivity index (χ4v) is 3.77. The number of fused-ring (bicyclic) bond motifs is 1. The van der Waals surface area contributed by atoms with Gasteiger partial charge < -0.3 is 19.3 Å². The molecule has 33 heavy (non-hydrogen) atoms. The number of benzene rings is 2. The summed E-state index contributed by atoms with van der Waals surface area (Å²) in [6.07, 6.45) is 2.10. The monoisotopic (exact) mass is 446 g/mol. The molecule has 0 bridgehead atoms. The number of carbonyl (C=O) groups is 1. The minimum Gasteiger partial charge on any atom is -0.497 e. The summed E-state index contributed by atoms with van der Waals surface area (Å²) in [6, 6.07) is 13.9. The third-order valence-electron chi connectivity index (χ3n) is 5.62. The summed E-state index contributed by atoms with van der Waals surface area (Å²) in [6.45, 7) is -0.183. The van der Waals surface area contributed by atoms with Crippen molar-refractivity contribution in [3.63, 3.8) is 0 Å². The highest BCUT2D eigenvalue weighted by molar-refractivity contribution is 5.96. The molecule has 168 valence electrons. The van der Waals surface area contributed by atoms with E-state index in [4.69, 9.17) is 14.0 Å². The van der Waals surface area contributed by atoms with Crippen LogP contribution < -0.4 is 20.3 Å². The van der Waals surface area contributed by atoms with E-state index in [0.717, 1.165) is 18.2 Å². The number of amides is 1. The number of nitrogens with one attached hydrogen (secondary N) is 1. The first-order chi connectivity index (χ1) is 16.1. The highest BCUT2D eigenvalue weighted by atomic mass is 16.5. The zero-order valence-electron chi connectivity index (χ0n) is 18.2. The molecule has 9 nitrogen and oxygen atoms in total. The Kier molecular flexibility index (Phi) is 5.29. The Hall–Kier alpha value is -4.14. The van der Waals surface area contributed by atoms with E-state index < -0.39 is 0 Å². The molecule has 0 atom stereocenters. The van der Waals surface area contributed by atoms with Crippen LogP contribution in [0.1, 0.15) is 24.6 Å². The van der Waals surface area contributed by atoms with Gasteiger partial charge in [-0.15, -0.1) is 0 Å². The predicted octanol–water partition coefficient (Wildman–Crippen LogP) is 3.58. The van der Waals surface area contributed by atoms with E-state index >= 15 is 0 Å². The van der Waals surface area contributed by atoms with Gasteiger partial charge in [-0.3, -0.25) is 14.2 Å². The van der Waals surface area contributed by atoms with E-state index in [0.29, 0.717) is 45.9 Å². The van der Waals surface area contributed by atoms with Gasteiger partial charge in [0.2, 0.25) is 5.91 Å². The molecule has 1 amide bonds. The number of nitrogens with zero attached hydrogens (tertiary/aromatic N) is 3. The summed E-state index contributed by atoms with van der Waals surface area (Å²) >= 11 is 0. The number of carbonyl (C=O) groups excluding carboxylic acids is 1. The Bertz CT molecular complexity index is 1400. The fourth-order valence-electron chi connectivity index (χ4n) is 3.77. The van der Waals surface area contributed by atoms with E-state index in [9.17, 15) is 9.59 Å². The van der Waals surface area contributed by atoms with Gasteiger partial charge in [0, 0.05) is 23.4 Å². The minimum absolute atomic E-state index is 0.183. The van der Waals surface area contributed by atoms with E-state index in [2.05, 4.69) is 15.5 Å². The van der Waals surface area contributed by atoms with Gasteiger partial charge >= 0.3 is 0 Å². The zero-order chi connectivity index (χ0) is 22.9. The molecule has 1 fully saturated rings. The Morgan fingerprint density at radius 2 is 1.97 bits per heavy atom.